The lowest BCUT2D eigenvalue weighted by atomic mass is 9.49. The molecule has 0 atom stereocenters. The highest BCUT2D eigenvalue weighted by Crippen LogP contribution is 2.60. The lowest BCUT2D eigenvalue weighted by molar-refractivity contribution is -0.149. The van der Waals surface area contributed by atoms with Gasteiger partial charge in [0.2, 0.25) is 5.91 Å². The van der Waals surface area contributed by atoms with Gasteiger partial charge in [-0.15, -0.1) is 0 Å². The molecule has 7 nitrogen and oxygen atoms in total. The molecule has 2 N–H and O–H groups in total. The predicted octanol–water partition coefficient (Wildman–Crippen LogP) is 2.21. The van der Waals surface area contributed by atoms with E-state index < -0.39 is 24.4 Å². The number of hydrogen-bond acceptors (Lipinski definition) is 5. The zero-order chi connectivity index (χ0) is 21.1. The van der Waals surface area contributed by atoms with E-state index >= 15 is 0 Å². The summed E-state index contributed by atoms with van der Waals surface area (Å²) in [5.41, 5.74) is 0.112. The van der Waals surface area contributed by atoms with E-state index in [1.54, 1.807) is 30.3 Å². The number of imide groups is 1. The maximum absolute atomic E-state index is 12.8. The van der Waals surface area contributed by atoms with E-state index in [-0.39, 0.29) is 24.3 Å². The van der Waals surface area contributed by atoms with Crippen molar-refractivity contribution in [2.45, 2.75) is 44.9 Å². The molecule has 4 bridgehead atoms. The van der Waals surface area contributed by atoms with Crippen LogP contribution in [-0.2, 0) is 19.1 Å². The Morgan fingerprint density at radius 1 is 0.933 bits per heavy atom. The molecule has 3 amide bonds. The van der Waals surface area contributed by atoms with Crippen LogP contribution in [0.15, 0.2) is 30.3 Å². The third kappa shape index (κ3) is 4.55. The van der Waals surface area contributed by atoms with Crippen molar-refractivity contribution in [3.05, 3.63) is 35.9 Å². The molecule has 0 aromatic heterocycles. The monoisotopic (exact) mass is 412 g/mol. The molecule has 1 aromatic carbocycles. The molecule has 4 fully saturated rings. The van der Waals surface area contributed by atoms with Gasteiger partial charge in [-0.05, 0) is 68.4 Å². The van der Waals surface area contributed by atoms with E-state index in [1.807, 2.05) is 0 Å². The number of benzene rings is 1. The van der Waals surface area contributed by atoms with Crippen LogP contribution in [0.1, 0.15) is 55.3 Å². The lowest BCUT2D eigenvalue weighted by Crippen LogP contribution is -2.53. The summed E-state index contributed by atoms with van der Waals surface area (Å²) >= 11 is 0. The quantitative estimate of drug-likeness (QED) is 0.669. The van der Waals surface area contributed by atoms with Gasteiger partial charge in [-0.3, -0.25) is 24.5 Å². The highest BCUT2D eigenvalue weighted by Gasteiger charge is 2.54. The number of carbonyl (C=O) groups excluding carboxylic acids is 4. The topological polar surface area (TPSA) is 102 Å². The molecule has 4 aliphatic rings. The first kappa shape index (κ1) is 20.6. The van der Waals surface area contributed by atoms with Crippen molar-refractivity contribution in [2.75, 3.05) is 13.2 Å². The van der Waals surface area contributed by atoms with Crippen LogP contribution in [0, 0.1) is 23.2 Å². The summed E-state index contributed by atoms with van der Waals surface area (Å²) in [4.78, 5) is 48.4. The van der Waals surface area contributed by atoms with Crippen LogP contribution >= 0.6 is 0 Å². The van der Waals surface area contributed by atoms with E-state index in [0.29, 0.717) is 23.3 Å². The fourth-order valence-corrected chi connectivity index (χ4v) is 5.90. The largest absolute Gasteiger partial charge is 0.456 e. The van der Waals surface area contributed by atoms with Gasteiger partial charge < -0.3 is 10.1 Å². The number of rotatable bonds is 7. The summed E-state index contributed by atoms with van der Waals surface area (Å²) in [5, 5.41) is 5.09. The van der Waals surface area contributed by atoms with Gasteiger partial charge in [0.05, 0.1) is 6.42 Å². The number of ether oxygens (including phenoxy) is 1. The number of carbonyl (C=O) groups is 4. The minimum atomic E-state index is -0.685. The standard InChI is InChI=1S/C23H28N2O5/c26-19(25-21(28)18-4-2-1-3-5-18)14-30-20(27)6-7-24-22(29)23-11-15-8-16(12-23)10-17(9-15)13-23/h1-5,15-17H,6-14H2,(H,24,29)(H,25,26,28). The molecule has 1 aromatic rings. The zero-order valence-electron chi connectivity index (χ0n) is 17.0. The minimum absolute atomic E-state index is 0.00197. The summed E-state index contributed by atoms with van der Waals surface area (Å²) in [7, 11) is 0. The molecule has 0 saturated heterocycles. The molecular weight excluding hydrogens is 384 g/mol. The molecule has 0 radical (unpaired) electrons. The van der Waals surface area contributed by atoms with Gasteiger partial charge in [-0.2, -0.15) is 0 Å². The van der Waals surface area contributed by atoms with Crippen molar-refractivity contribution >= 4 is 23.7 Å². The van der Waals surface area contributed by atoms with E-state index in [4.69, 9.17) is 4.74 Å². The van der Waals surface area contributed by atoms with Crippen molar-refractivity contribution in [3.8, 4) is 0 Å². The van der Waals surface area contributed by atoms with Gasteiger partial charge in [-0.1, -0.05) is 18.2 Å². The van der Waals surface area contributed by atoms with Gasteiger partial charge >= 0.3 is 5.97 Å². The van der Waals surface area contributed by atoms with Gasteiger partial charge in [0.1, 0.15) is 0 Å². The fourth-order valence-electron chi connectivity index (χ4n) is 5.90. The Hall–Kier alpha value is -2.70. The minimum Gasteiger partial charge on any atom is -0.456 e. The molecular formula is C23H28N2O5. The van der Waals surface area contributed by atoms with Crippen LogP contribution in [-0.4, -0.2) is 36.8 Å². The Bertz CT molecular complexity index is 800. The number of hydrogen-bond donors (Lipinski definition) is 2. The predicted molar refractivity (Wildman–Crippen MR) is 108 cm³/mol. The van der Waals surface area contributed by atoms with Crippen molar-refractivity contribution in [2.24, 2.45) is 23.2 Å². The fraction of sp³-hybridized carbons (Fsp3) is 0.565. The summed E-state index contributed by atoms with van der Waals surface area (Å²) in [6.45, 7) is -0.329. The molecule has 30 heavy (non-hydrogen) atoms. The normalized spacial score (nSPS) is 28.6. The van der Waals surface area contributed by atoms with E-state index in [0.717, 1.165) is 19.3 Å². The number of esters is 1. The van der Waals surface area contributed by atoms with Crippen molar-refractivity contribution in [1.82, 2.24) is 10.6 Å². The van der Waals surface area contributed by atoms with Crippen LogP contribution in [0.2, 0.25) is 0 Å². The van der Waals surface area contributed by atoms with E-state index in [2.05, 4.69) is 10.6 Å². The SMILES string of the molecule is O=C(COC(=O)CCNC(=O)C12CC3CC(CC(C3)C1)C2)NC(=O)c1ccccc1. The van der Waals surface area contributed by atoms with Crippen molar-refractivity contribution < 1.29 is 23.9 Å². The zero-order valence-corrected chi connectivity index (χ0v) is 17.0. The first-order valence-corrected chi connectivity index (χ1v) is 10.8. The van der Waals surface area contributed by atoms with Crippen LogP contribution in [0.3, 0.4) is 0 Å². The maximum Gasteiger partial charge on any atom is 0.308 e. The molecule has 7 heteroatoms. The first-order chi connectivity index (χ1) is 14.4. The molecule has 5 rings (SSSR count). The van der Waals surface area contributed by atoms with Crippen LogP contribution in [0.5, 0.6) is 0 Å². The van der Waals surface area contributed by atoms with Gasteiger partial charge in [0.15, 0.2) is 6.61 Å². The Balaban J connectivity index is 1.15. The first-order valence-electron chi connectivity index (χ1n) is 10.8. The molecule has 160 valence electrons. The average molecular weight is 412 g/mol. The van der Waals surface area contributed by atoms with Gasteiger partial charge in [0.25, 0.3) is 11.8 Å². The average Bonchev–Trinajstić information content (AvgIpc) is 2.72. The second-order valence-electron chi connectivity index (χ2n) is 9.11. The second-order valence-corrected chi connectivity index (χ2v) is 9.11. The molecule has 0 unspecified atom stereocenters. The highest BCUT2D eigenvalue weighted by atomic mass is 16.5. The van der Waals surface area contributed by atoms with Crippen molar-refractivity contribution in [3.63, 3.8) is 0 Å². The van der Waals surface area contributed by atoms with Crippen molar-refractivity contribution in [1.29, 1.82) is 0 Å². The summed E-state index contributed by atoms with van der Waals surface area (Å²) < 4.78 is 4.92. The summed E-state index contributed by atoms with van der Waals surface area (Å²) in [6.07, 6.45) is 6.74. The summed E-state index contributed by atoms with van der Waals surface area (Å²) in [6, 6.07) is 8.32. The Kier molecular flexibility index (Phi) is 5.88. The smallest absolute Gasteiger partial charge is 0.308 e. The second kappa shape index (κ2) is 8.58. The van der Waals surface area contributed by atoms with E-state index in [9.17, 15) is 19.2 Å². The third-order valence-corrected chi connectivity index (χ3v) is 6.79. The Morgan fingerprint density at radius 3 is 2.13 bits per heavy atom. The van der Waals surface area contributed by atoms with Crippen LogP contribution in [0.25, 0.3) is 0 Å². The lowest BCUT2D eigenvalue weighted by Gasteiger charge is -2.55. The maximum atomic E-state index is 12.8. The number of amides is 3. The highest BCUT2D eigenvalue weighted by molar-refractivity contribution is 6.05. The van der Waals surface area contributed by atoms with Crippen LogP contribution in [0.4, 0.5) is 0 Å². The summed E-state index contributed by atoms with van der Waals surface area (Å²) in [5.74, 6) is 0.315. The molecule has 4 aliphatic carbocycles. The molecule has 0 aliphatic heterocycles. The third-order valence-electron chi connectivity index (χ3n) is 6.79. The Morgan fingerprint density at radius 2 is 1.53 bits per heavy atom. The van der Waals surface area contributed by atoms with Crippen LogP contribution < -0.4 is 10.6 Å². The number of nitrogens with one attached hydrogen (secondary N) is 2. The molecule has 0 heterocycles. The van der Waals surface area contributed by atoms with Gasteiger partial charge in [-0.25, -0.2) is 0 Å². The van der Waals surface area contributed by atoms with E-state index in [1.165, 1.54) is 19.3 Å². The molecule has 0 spiro atoms. The van der Waals surface area contributed by atoms with Gasteiger partial charge in [0, 0.05) is 17.5 Å². The Labute approximate surface area is 175 Å². The molecule has 4 saturated carbocycles.